The van der Waals surface area contributed by atoms with Gasteiger partial charge in [0, 0.05) is 14.1 Å². The van der Waals surface area contributed by atoms with E-state index in [1.807, 2.05) is 0 Å². The highest BCUT2D eigenvalue weighted by atomic mass is 32.1. The van der Waals surface area contributed by atoms with Crippen molar-refractivity contribution in [3.63, 3.8) is 0 Å². The molecule has 1 aromatic heterocycles. The maximum atomic E-state index is 12.2. The molecule has 0 fully saturated rings. The lowest BCUT2D eigenvalue weighted by molar-refractivity contribution is -0.138. The molecule has 1 unspecified atom stereocenters. The van der Waals surface area contributed by atoms with E-state index in [2.05, 4.69) is 15.5 Å². The fourth-order valence-corrected chi connectivity index (χ4v) is 1.73. The van der Waals surface area contributed by atoms with Gasteiger partial charge in [0.1, 0.15) is 6.04 Å². The summed E-state index contributed by atoms with van der Waals surface area (Å²) in [6.45, 7) is 1.54. The second-order valence-corrected chi connectivity index (χ2v) is 4.49. The molecule has 0 radical (unpaired) electrons. The van der Waals surface area contributed by atoms with Crippen molar-refractivity contribution in [2.45, 2.75) is 19.1 Å². The Bertz CT molecular complexity index is 404. The van der Waals surface area contributed by atoms with Crippen molar-refractivity contribution in [3.05, 3.63) is 5.01 Å². The van der Waals surface area contributed by atoms with Gasteiger partial charge in [-0.05, 0) is 6.92 Å². The van der Waals surface area contributed by atoms with Crippen molar-refractivity contribution >= 4 is 22.4 Å². The summed E-state index contributed by atoms with van der Waals surface area (Å²) >= 11 is 0.368. The van der Waals surface area contributed by atoms with Crippen molar-refractivity contribution < 1.29 is 18.0 Å². The molecule has 1 heterocycles. The van der Waals surface area contributed by atoms with Crippen LogP contribution in [0.2, 0.25) is 0 Å². The SMILES string of the molecule is CC(Nc1nnc(C(F)(F)F)s1)C(=O)N(C)C. The van der Waals surface area contributed by atoms with Crippen LogP contribution >= 0.6 is 11.3 Å². The zero-order valence-corrected chi connectivity index (χ0v) is 10.2. The first-order valence-corrected chi connectivity index (χ1v) is 5.42. The van der Waals surface area contributed by atoms with Crippen molar-refractivity contribution in [3.8, 4) is 0 Å². The van der Waals surface area contributed by atoms with Crippen LogP contribution in [-0.2, 0) is 11.0 Å². The molecule has 0 aliphatic carbocycles. The maximum absolute atomic E-state index is 12.2. The number of amides is 1. The molecule has 96 valence electrons. The summed E-state index contributed by atoms with van der Waals surface area (Å²) < 4.78 is 36.7. The molecule has 1 N–H and O–H groups in total. The Morgan fingerprint density at radius 3 is 2.41 bits per heavy atom. The summed E-state index contributed by atoms with van der Waals surface area (Å²) in [6, 6.07) is -0.654. The van der Waals surface area contributed by atoms with E-state index in [4.69, 9.17) is 0 Å². The van der Waals surface area contributed by atoms with E-state index in [0.29, 0.717) is 11.3 Å². The van der Waals surface area contributed by atoms with E-state index in [1.54, 1.807) is 14.1 Å². The van der Waals surface area contributed by atoms with E-state index >= 15 is 0 Å². The Kier molecular flexibility index (Phi) is 3.91. The van der Waals surface area contributed by atoms with Gasteiger partial charge in [-0.15, -0.1) is 10.2 Å². The van der Waals surface area contributed by atoms with Crippen LogP contribution in [0.25, 0.3) is 0 Å². The average Bonchev–Trinajstić information content (AvgIpc) is 2.64. The van der Waals surface area contributed by atoms with Gasteiger partial charge in [-0.2, -0.15) is 13.2 Å². The molecule has 0 saturated heterocycles. The zero-order valence-electron chi connectivity index (χ0n) is 9.37. The van der Waals surface area contributed by atoms with E-state index in [1.165, 1.54) is 11.8 Å². The van der Waals surface area contributed by atoms with Crippen LogP contribution < -0.4 is 5.32 Å². The second-order valence-electron chi connectivity index (χ2n) is 3.51. The number of hydrogen-bond acceptors (Lipinski definition) is 5. The van der Waals surface area contributed by atoms with E-state index in [9.17, 15) is 18.0 Å². The van der Waals surface area contributed by atoms with E-state index in [0.717, 1.165) is 0 Å². The third-order valence-corrected chi connectivity index (χ3v) is 2.72. The van der Waals surface area contributed by atoms with Gasteiger partial charge in [-0.3, -0.25) is 4.79 Å². The number of nitrogens with zero attached hydrogens (tertiary/aromatic N) is 3. The van der Waals surface area contributed by atoms with Crippen molar-refractivity contribution in [1.29, 1.82) is 0 Å². The molecular weight excluding hydrogens is 257 g/mol. The van der Waals surface area contributed by atoms with Crippen LogP contribution in [0.3, 0.4) is 0 Å². The molecule has 0 aliphatic heterocycles. The number of anilines is 1. The fourth-order valence-electron chi connectivity index (χ4n) is 1.03. The van der Waals surface area contributed by atoms with Gasteiger partial charge in [0.25, 0.3) is 0 Å². The number of aromatic nitrogens is 2. The molecule has 1 aromatic rings. The monoisotopic (exact) mass is 268 g/mol. The van der Waals surface area contributed by atoms with Crippen LogP contribution in [0.15, 0.2) is 0 Å². The minimum atomic E-state index is -4.51. The third-order valence-electron chi connectivity index (χ3n) is 1.82. The Balaban J connectivity index is 2.70. The Hall–Kier alpha value is -1.38. The number of nitrogens with one attached hydrogen (secondary N) is 1. The topological polar surface area (TPSA) is 58.1 Å². The van der Waals surface area contributed by atoms with Gasteiger partial charge in [0.2, 0.25) is 16.0 Å². The summed E-state index contributed by atoms with van der Waals surface area (Å²) in [5, 5.41) is 7.84. The van der Waals surface area contributed by atoms with E-state index in [-0.39, 0.29) is 11.0 Å². The van der Waals surface area contributed by atoms with Crippen molar-refractivity contribution in [2.75, 3.05) is 19.4 Å². The van der Waals surface area contributed by atoms with Gasteiger partial charge in [0.05, 0.1) is 0 Å². The fraction of sp³-hybridized carbons (Fsp3) is 0.625. The Morgan fingerprint density at radius 1 is 1.41 bits per heavy atom. The van der Waals surface area contributed by atoms with Crippen LogP contribution in [0, 0.1) is 0 Å². The summed E-state index contributed by atoms with van der Waals surface area (Å²) in [6.07, 6.45) is -4.51. The van der Waals surface area contributed by atoms with Crippen molar-refractivity contribution in [1.82, 2.24) is 15.1 Å². The summed E-state index contributed by atoms with van der Waals surface area (Å²) in [7, 11) is 3.11. The molecule has 17 heavy (non-hydrogen) atoms. The molecule has 1 atom stereocenters. The predicted molar refractivity (Wildman–Crippen MR) is 56.7 cm³/mol. The highest BCUT2D eigenvalue weighted by molar-refractivity contribution is 7.15. The Labute approximate surface area is 99.6 Å². The first kappa shape index (κ1) is 13.7. The number of carbonyl (C=O) groups excluding carboxylic acids is 1. The molecule has 1 rings (SSSR count). The predicted octanol–water partition coefficient (Wildman–Crippen LogP) is 1.45. The van der Waals surface area contributed by atoms with Gasteiger partial charge >= 0.3 is 6.18 Å². The molecule has 0 saturated carbocycles. The highest BCUT2D eigenvalue weighted by Crippen LogP contribution is 2.33. The number of carbonyl (C=O) groups is 1. The molecule has 9 heteroatoms. The molecule has 0 aliphatic rings. The number of hydrogen-bond donors (Lipinski definition) is 1. The second kappa shape index (κ2) is 4.86. The van der Waals surface area contributed by atoms with Crippen molar-refractivity contribution in [2.24, 2.45) is 0 Å². The van der Waals surface area contributed by atoms with E-state index < -0.39 is 17.2 Å². The smallest absolute Gasteiger partial charge is 0.349 e. The largest absolute Gasteiger partial charge is 0.445 e. The van der Waals surface area contributed by atoms with Gasteiger partial charge in [0.15, 0.2) is 0 Å². The summed E-state index contributed by atoms with van der Waals surface area (Å²) in [5.74, 6) is -0.256. The number of alkyl halides is 3. The first-order valence-electron chi connectivity index (χ1n) is 4.60. The number of rotatable bonds is 3. The van der Waals surface area contributed by atoms with Crippen LogP contribution in [0.4, 0.5) is 18.3 Å². The summed E-state index contributed by atoms with van der Waals surface area (Å²) in [4.78, 5) is 12.8. The van der Waals surface area contributed by atoms with Crippen LogP contribution in [0.1, 0.15) is 11.9 Å². The molecule has 0 aromatic carbocycles. The minimum absolute atomic E-state index is 0.0278. The quantitative estimate of drug-likeness (QED) is 0.901. The average molecular weight is 268 g/mol. The third kappa shape index (κ3) is 3.55. The van der Waals surface area contributed by atoms with Gasteiger partial charge in [-0.25, -0.2) is 0 Å². The molecule has 0 bridgehead atoms. The highest BCUT2D eigenvalue weighted by Gasteiger charge is 2.35. The lowest BCUT2D eigenvalue weighted by Crippen LogP contribution is -2.36. The molecule has 0 spiro atoms. The van der Waals surface area contributed by atoms with Gasteiger partial charge in [-0.1, -0.05) is 11.3 Å². The lowest BCUT2D eigenvalue weighted by Gasteiger charge is -2.16. The number of likely N-dealkylation sites (N-methyl/N-ethyl adjacent to an activating group) is 1. The number of halogens is 3. The molecular formula is C8H11F3N4OS. The normalized spacial score (nSPS) is 13.3. The maximum Gasteiger partial charge on any atom is 0.445 e. The molecule has 1 amide bonds. The standard InChI is InChI=1S/C8H11F3N4OS/c1-4(5(16)15(2)3)12-7-14-13-6(17-7)8(9,10)11/h4H,1-3H3,(H,12,14). The van der Waals surface area contributed by atoms with Crippen LogP contribution in [-0.4, -0.2) is 41.1 Å². The zero-order chi connectivity index (χ0) is 13.2. The Morgan fingerprint density at radius 2 is 2.00 bits per heavy atom. The van der Waals surface area contributed by atoms with Crippen LogP contribution in [0.5, 0.6) is 0 Å². The lowest BCUT2D eigenvalue weighted by atomic mass is 10.3. The van der Waals surface area contributed by atoms with Gasteiger partial charge < -0.3 is 10.2 Å². The minimum Gasteiger partial charge on any atom is -0.349 e. The molecule has 5 nitrogen and oxygen atoms in total. The first-order chi connectivity index (χ1) is 7.71. The summed E-state index contributed by atoms with van der Waals surface area (Å²) in [5.41, 5.74) is 0.